The lowest BCUT2D eigenvalue weighted by Gasteiger charge is -2.11. The number of methoxy groups -OCH3 is 1. The van der Waals surface area contributed by atoms with Crippen LogP contribution in [-0.4, -0.2) is 12.1 Å². The van der Waals surface area contributed by atoms with Crippen molar-refractivity contribution in [3.8, 4) is 16.9 Å². The van der Waals surface area contributed by atoms with E-state index in [1.807, 2.05) is 48.5 Å². The molecule has 3 aromatic rings. The Morgan fingerprint density at radius 1 is 1.00 bits per heavy atom. The summed E-state index contributed by atoms with van der Waals surface area (Å²) in [4.78, 5) is 4.37. The Hall–Kier alpha value is -2.55. The summed E-state index contributed by atoms with van der Waals surface area (Å²) >= 11 is 0. The normalized spacial score (nSPS) is 10.6. The lowest BCUT2D eigenvalue weighted by atomic mass is 10.0. The van der Waals surface area contributed by atoms with Gasteiger partial charge in [0.05, 0.1) is 12.6 Å². The van der Waals surface area contributed by atoms with Crippen LogP contribution in [0, 0.1) is 0 Å². The molecular weight excluding hydrogens is 236 g/mol. The average Bonchev–Trinajstić information content (AvgIpc) is 2.46. The van der Waals surface area contributed by atoms with Crippen LogP contribution in [0.15, 0.2) is 54.7 Å². The molecule has 0 aliphatic rings. The van der Waals surface area contributed by atoms with Gasteiger partial charge in [0.1, 0.15) is 5.75 Å². The molecule has 0 bridgehead atoms. The van der Waals surface area contributed by atoms with E-state index in [1.54, 1.807) is 13.3 Å². The summed E-state index contributed by atoms with van der Waals surface area (Å²) in [7, 11) is 1.68. The molecule has 94 valence electrons. The number of rotatable bonds is 2. The quantitative estimate of drug-likeness (QED) is 0.708. The second kappa shape index (κ2) is 4.61. The predicted octanol–water partition coefficient (Wildman–Crippen LogP) is 3.49. The van der Waals surface area contributed by atoms with Crippen LogP contribution < -0.4 is 10.5 Å². The molecule has 1 heterocycles. The van der Waals surface area contributed by atoms with Crippen molar-refractivity contribution in [3.63, 3.8) is 0 Å². The molecule has 0 saturated heterocycles. The summed E-state index contributed by atoms with van der Waals surface area (Å²) in [6.07, 6.45) is 1.81. The smallest absolute Gasteiger partial charge is 0.126 e. The third kappa shape index (κ3) is 1.99. The average molecular weight is 250 g/mol. The molecule has 0 fully saturated rings. The molecule has 0 radical (unpaired) electrons. The SMILES string of the molecule is COc1ccccc1-c1ccnc2ccc(N)cc12. The van der Waals surface area contributed by atoms with E-state index >= 15 is 0 Å². The maximum Gasteiger partial charge on any atom is 0.126 e. The van der Waals surface area contributed by atoms with Crippen molar-refractivity contribution >= 4 is 16.6 Å². The molecule has 1 aromatic heterocycles. The third-order valence-corrected chi connectivity index (χ3v) is 3.16. The van der Waals surface area contributed by atoms with Gasteiger partial charge in [0.2, 0.25) is 0 Å². The lowest BCUT2D eigenvalue weighted by molar-refractivity contribution is 0.416. The Balaban J connectivity index is 2.33. The number of benzene rings is 2. The summed E-state index contributed by atoms with van der Waals surface area (Å²) < 4.78 is 5.43. The van der Waals surface area contributed by atoms with Crippen LogP contribution in [-0.2, 0) is 0 Å². The number of hydrogen-bond acceptors (Lipinski definition) is 3. The van der Waals surface area contributed by atoms with E-state index in [9.17, 15) is 0 Å². The number of anilines is 1. The molecular formula is C16H14N2O. The van der Waals surface area contributed by atoms with Gasteiger partial charge in [-0.3, -0.25) is 4.98 Å². The first-order chi connectivity index (χ1) is 9.29. The van der Waals surface area contributed by atoms with E-state index in [4.69, 9.17) is 10.5 Å². The van der Waals surface area contributed by atoms with Crippen LogP contribution >= 0.6 is 0 Å². The minimum atomic E-state index is 0.733. The topological polar surface area (TPSA) is 48.1 Å². The zero-order valence-corrected chi connectivity index (χ0v) is 10.6. The Labute approximate surface area is 111 Å². The molecule has 0 atom stereocenters. The Morgan fingerprint density at radius 2 is 1.84 bits per heavy atom. The van der Waals surface area contributed by atoms with Gasteiger partial charge in [-0.05, 0) is 35.9 Å². The fourth-order valence-electron chi connectivity index (χ4n) is 2.27. The van der Waals surface area contributed by atoms with E-state index < -0.39 is 0 Å². The van der Waals surface area contributed by atoms with E-state index in [2.05, 4.69) is 4.98 Å². The van der Waals surface area contributed by atoms with E-state index in [-0.39, 0.29) is 0 Å². The second-order valence-electron chi connectivity index (χ2n) is 4.34. The molecule has 2 aromatic carbocycles. The molecule has 0 spiro atoms. The van der Waals surface area contributed by atoms with Gasteiger partial charge in [0.25, 0.3) is 0 Å². The van der Waals surface area contributed by atoms with Gasteiger partial charge >= 0.3 is 0 Å². The summed E-state index contributed by atoms with van der Waals surface area (Å²) in [5.74, 6) is 0.845. The highest BCUT2D eigenvalue weighted by atomic mass is 16.5. The van der Waals surface area contributed by atoms with E-state index in [0.717, 1.165) is 33.5 Å². The Bertz CT molecular complexity index is 738. The molecule has 0 saturated carbocycles. The zero-order chi connectivity index (χ0) is 13.2. The lowest BCUT2D eigenvalue weighted by Crippen LogP contribution is -1.91. The Kier molecular flexibility index (Phi) is 2.80. The summed E-state index contributed by atoms with van der Waals surface area (Å²) in [5.41, 5.74) is 9.67. The molecule has 3 rings (SSSR count). The Morgan fingerprint density at radius 3 is 2.68 bits per heavy atom. The van der Waals surface area contributed by atoms with Crippen molar-refractivity contribution < 1.29 is 4.74 Å². The minimum Gasteiger partial charge on any atom is -0.496 e. The molecule has 3 heteroatoms. The monoisotopic (exact) mass is 250 g/mol. The van der Waals surface area contributed by atoms with Gasteiger partial charge in [0.15, 0.2) is 0 Å². The predicted molar refractivity (Wildman–Crippen MR) is 78.1 cm³/mol. The number of fused-ring (bicyclic) bond motifs is 1. The molecule has 0 unspecified atom stereocenters. The zero-order valence-electron chi connectivity index (χ0n) is 10.6. The van der Waals surface area contributed by atoms with Crippen LogP contribution in [0.1, 0.15) is 0 Å². The van der Waals surface area contributed by atoms with Gasteiger partial charge < -0.3 is 10.5 Å². The van der Waals surface area contributed by atoms with E-state index in [0.29, 0.717) is 0 Å². The highest BCUT2D eigenvalue weighted by Crippen LogP contribution is 2.34. The molecule has 3 nitrogen and oxygen atoms in total. The summed E-state index contributed by atoms with van der Waals surface area (Å²) in [5, 5.41) is 1.03. The number of nitrogen functional groups attached to an aromatic ring is 1. The number of nitrogens with zero attached hydrogens (tertiary/aromatic N) is 1. The molecule has 0 amide bonds. The van der Waals surface area contributed by atoms with Crippen molar-refractivity contribution in [2.45, 2.75) is 0 Å². The maximum atomic E-state index is 5.88. The first-order valence-electron chi connectivity index (χ1n) is 6.07. The van der Waals surface area contributed by atoms with Crippen LogP contribution in [0.4, 0.5) is 5.69 Å². The number of aromatic nitrogens is 1. The highest BCUT2D eigenvalue weighted by Gasteiger charge is 2.09. The number of pyridine rings is 1. The molecule has 0 aliphatic carbocycles. The number of ether oxygens (including phenoxy) is 1. The molecule has 19 heavy (non-hydrogen) atoms. The maximum absolute atomic E-state index is 5.88. The first kappa shape index (κ1) is 11.5. The molecule has 0 aliphatic heterocycles. The number of para-hydroxylation sites is 1. The largest absolute Gasteiger partial charge is 0.496 e. The van der Waals surface area contributed by atoms with Crippen LogP contribution in [0.5, 0.6) is 5.75 Å². The fraction of sp³-hybridized carbons (Fsp3) is 0.0625. The number of hydrogen-bond donors (Lipinski definition) is 1. The third-order valence-electron chi connectivity index (χ3n) is 3.16. The van der Waals surface area contributed by atoms with Crippen molar-refractivity contribution in [3.05, 3.63) is 54.7 Å². The minimum absolute atomic E-state index is 0.733. The highest BCUT2D eigenvalue weighted by molar-refractivity contribution is 5.97. The van der Waals surface area contributed by atoms with Crippen LogP contribution in [0.3, 0.4) is 0 Å². The first-order valence-corrected chi connectivity index (χ1v) is 6.07. The van der Waals surface area contributed by atoms with Gasteiger partial charge in [0, 0.05) is 22.8 Å². The van der Waals surface area contributed by atoms with Crippen LogP contribution in [0.2, 0.25) is 0 Å². The van der Waals surface area contributed by atoms with E-state index in [1.165, 1.54) is 0 Å². The van der Waals surface area contributed by atoms with Gasteiger partial charge in [-0.2, -0.15) is 0 Å². The summed E-state index contributed by atoms with van der Waals surface area (Å²) in [6.45, 7) is 0. The van der Waals surface area contributed by atoms with Crippen molar-refractivity contribution in [2.75, 3.05) is 12.8 Å². The molecule has 2 N–H and O–H groups in total. The van der Waals surface area contributed by atoms with Crippen molar-refractivity contribution in [2.24, 2.45) is 0 Å². The van der Waals surface area contributed by atoms with Gasteiger partial charge in [-0.1, -0.05) is 18.2 Å². The van der Waals surface area contributed by atoms with Gasteiger partial charge in [-0.15, -0.1) is 0 Å². The standard InChI is InChI=1S/C16H14N2O/c1-19-16-5-3-2-4-13(16)12-8-9-18-15-7-6-11(17)10-14(12)15/h2-10H,17H2,1H3. The van der Waals surface area contributed by atoms with Crippen molar-refractivity contribution in [1.29, 1.82) is 0 Å². The van der Waals surface area contributed by atoms with Crippen LogP contribution in [0.25, 0.3) is 22.0 Å². The number of nitrogens with two attached hydrogens (primary N) is 1. The van der Waals surface area contributed by atoms with Crippen molar-refractivity contribution in [1.82, 2.24) is 4.98 Å². The second-order valence-corrected chi connectivity index (χ2v) is 4.34. The fourth-order valence-corrected chi connectivity index (χ4v) is 2.27. The summed E-state index contributed by atoms with van der Waals surface area (Å²) in [6, 6.07) is 15.7. The van der Waals surface area contributed by atoms with Gasteiger partial charge in [-0.25, -0.2) is 0 Å².